The van der Waals surface area contributed by atoms with Gasteiger partial charge in [-0.2, -0.15) is 0 Å². The molecule has 18 heavy (non-hydrogen) atoms. The number of oxime groups is 1. The Morgan fingerprint density at radius 3 is 3.06 bits per heavy atom. The zero-order valence-electron chi connectivity index (χ0n) is 10.2. The minimum atomic E-state index is 0.0303. The lowest BCUT2D eigenvalue weighted by molar-refractivity contribution is 0.178. The SMILES string of the molecule is NC(=NO)C1CCCCN1Cc1cccc(Cl)c1. The summed E-state index contributed by atoms with van der Waals surface area (Å²) in [6, 6.07) is 7.84. The molecule has 0 radical (unpaired) electrons. The Kier molecular flexibility index (Phi) is 4.44. The lowest BCUT2D eigenvalue weighted by Gasteiger charge is -2.34. The Labute approximate surface area is 112 Å². The van der Waals surface area contributed by atoms with Crippen LogP contribution in [0, 0.1) is 0 Å². The van der Waals surface area contributed by atoms with Gasteiger partial charge in [0.2, 0.25) is 0 Å². The lowest BCUT2D eigenvalue weighted by atomic mass is 10.0. The molecule has 0 aliphatic carbocycles. The van der Waals surface area contributed by atoms with E-state index >= 15 is 0 Å². The van der Waals surface area contributed by atoms with Gasteiger partial charge in [0.15, 0.2) is 5.84 Å². The summed E-state index contributed by atoms with van der Waals surface area (Å²) < 4.78 is 0. The zero-order chi connectivity index (χ0) is 13.0. The zero-order valence-corrected chi connectivity index (χ0v) is 11.0. The van der Waals surface area contributed by atoms with Crippen molar-refractivity contribution in [3.05, 3.63) is 34.9 Å². The van der Waals surface area contributed by atoms with Gasteiger partial charge in [0.25, 0.3) is 0 Å². The van der Waals surface area contributed by atoms with Gasteiger partial charge in [-0.1, -0.05) is 35.3 Å². The first-order valence-corrected chi connectivity index (χ1v) is 6.54. The van der Waals surface area contributed by atoms with Crippen LogP contribution in [0.15, 0.2) is 29.4 Å². The van der Waals surface area contributed by atoms with E-state index in [2.05, 4.69) is 10.1 Å². The predicted molar refractivity (Wildman–Crippen MR) is 72.9 cm³/mol. The standard InChI is InChI=1S/C13H18ClN3O/c14-11-5-3-4-10(8-11)9-17-7-2-1-6-12(17)13(15)16-18/h3-5,8,12,18H,1-2,6-7,9H2,(H2,15,16). The van der Waals surface area contributed by atoms with Crippen molar-refractivity contribution < 1.29 is 5.21 Å². The number of rotatable bonds is 3. The van der Waals surface area contributed by atoms with Crippen LogP contribution in [-0.2, 0) is 6.54 Å². The van der Waals surface area contributed by atoms with Crippen molar-refractivity contribution in [2.75, 3.05) is 6.54 Å². The van der Waals surface area contributed by atoms with E-state index in [9.17, 15) is 0 Å². The molecular formula is C13H18ClN3O. The highest BCUT2D eigenvalue weighted by molar-refractivity contribution is 6.30. The first kappa shape index (κ1) is 13.2. The van der Waals surface area contributed by atoms with Crippen LogP contribution in [0.3, 0.4) is 0 Å². The van der Waals surface area contributed by atoms with E-state index in [1.807, 2.05) is 24.3 Å². The molecule has 1 unspecified atom stereocenters. The van der Waals surface area contributed by atoms with E-state index in [-0.39, 0.29) is 6.04 Å². The third-order valence-corrected chi connectivity index (χ3v) is 3.58. The van der Waals surface area contributed by atoms with Crippen LogP contribution >= 0.6 is 11.6 Å². The van der Waals surface area contributed by atoms with Crippen molar-refractivity contribution in [3.63, 3.8) is 0 Å². The normalized spacial score (nSPS) is 22.1. The molecule has 2 rings (SSSR count). The molecular weight excluding hydrogens is 250 g/mol. The van der Waals surface area contributed by atoms with Crippen molar-refractivity contribution in [2.45, 2.75) is 31.8 Å². The Bertz CT molecular complexity index is 436. The fraction of sp³-hybridized carbons (Fsp3) is 0.462. The van der Waals surface area contributed by atoms with E-state index in [4.69, 9.17) is 22.5 Å². The van der Waals surface area contributed by atoms with Crippen LogP contribution in [0.25, 0.3) is 0 Å². The molecule has 5 heteroatoms. The molecule has 1 aliphatic heterocycles. The third-order valence-electron chi connectivity index (χ3n) is 3.35. The summed E-state index contributed by atoms with van der Waals surface area (Å²) in [5, 5.41) is 12.7. The van der Waals surface area contributed by atoms with Crippen molar-refractivity contribution in [2.24, 2.45) is 10.9 Å². The van der Waals surface area contributed by atoms with Crippen molar-refractivity contribution in [1.29, 1.82) is 0 Å². The van der Waals surface area contributed by atoms with Gasteiger partial charge in [0.1, 0.15) is 0 Å². The second-order valence-corrected chi connectivity index (χ2v) is 5.07. The summed E-state index contributed by atoms with van der Waals surface area (Å²) in [6.45, 7) is 1.74. The minimum absolute atomic E-state index is 0.0303. The number of hydrogen-bond acceptors (Lipinski definition) is 3. The van der Waals surface area contributed by atoms with Gasteiger partial charge in [-0.15, -0.1) is 0 Å². The summed E-state index contributed by atoms with van der Waals surface area (Å²) in [4.78, 5) is 2.24. The molecule has 1 fully saturated rings. The highest BCUT2D eigenvalue weighted by Gasteiger charge is 2.25. The number of nitrogens with two attached hydrogens (primary N) is 1. The lowest BCUT2D eigenvalue weighted by Crippen LogP contribution is -2.47. The summed E-state index contributed by atoms with van der Waals surface area (Å²) >= 11 is 5.98. The number of halogens is 1. The number of piperidine rings is 1. The second kappa shape index (κ2) is 6.07. The second-order valence-electron chi connectivity index (χ2n) is 4.64. The topological polar surface area (TPSA) is 61.9 Å². The summed E-state index contributed by atoms with van der Waals surface area (Å²) in [7, 11) is 0. The maximum Gasteiger partial charge on any atom is 0.156 e. The monoisotopic (exact) mass is 267 g/mol. The molecule has 1 saturated heterocycles. The molecule has 4 nitrogen and oxygen atoms in total. The quantitative estimate of drug-likeness (QED) is 0.383. The number of likely N-dealkylation sites (tertiary alicyclic amines) is 1. The average molecular weight is 268 g/mol. The smallest absolute Gasteiger partial charge is 0.156 e. The number of hydrogen-bond donors (Lipinski definition) is 2. The fourth-order valence-electron chi connectivity index (χ4n) is 2.45. The maximum atomic E-state index is 8.83. The molecule has 0 spiro atoms. The summed E-state index contributed by atoms with van der Waals surface area (Å²) in [5.74, 6) is 0.303. The first-order valence-electron chi connectivity index (χ1n) is 6.16. The Balaban J connectivity index is 2.10. The fourth-order valence-corrected chi connectivity index (χ4v) is 2.66. The number of nitrogens with zero attached hydrogens (tertiary/aromatic N) is 2. The van der Waals surface area contributed by atoms with Crippen LogP contribution in [0.1, 0.15) is 24.8 Å². The maximum absolute atomic E-state index is 8.83. The van der Waals surface area contributed by atoms with Crippen LogP contribution in [0.2, 0.25) is 5.02 Å². The van der Waals surface area contributed by atoms with Crippen LogP contribution in [-0.4, -0.2) is 28.5 Å². The van der Waals surface area contributed by atoms with E-state index in [0.29, 0.717) is 5.84 Å². The van der Waals surface area contributed by atoms with E-state index in [1.165, 1.54) is 0 Å². The summed E-state index contributed by atoms with van der Waals surface area (Å²) in [6.07, 6.45) is 3.21. The molecule has 0 bridgehead atoms. The predicted octanol–water partition coefficient (Wildman–Crippen LogP) is 2.44. The largest absolute Gasteiger partial charge is 0.409 e. The Morgan fingerprint density at radius 2 is 2.33 bits per heavy atom. The van der Waals surface area contributed by atoms with Gasteiger partial charge in [0, 0.05) is 11.6 Å². The Morgan fingerprint density at radius 1 is 1.50 bits per heavy atom. The molecule has 1 heterocycles. The Hall–Kier alpha value is -1.26. The molecule has 1 aliphatic rings. The molecule has 0 amide bonds. The van der Waals surface area contributed by atoms with Gasteiger partial charge in [-0.25, -0.2) is 0 Å². The molecule has 3 N–H and O–H groups in total. The van der Waals surface area contributed by atoms with Crippen LogP contribution < -0.4 is 5.73 Å². The van der Waals surface area contributed by atoms with Crippen molar-refractivity contribution in [3.8, 4) is 0 Å². The van der Waals surface area contributed by atoms with E-state index in [1.54, 1.807) is 0 Å². The van der Waals surface area contributed by atoms with E-state index in [0.717, 1.165) is 42.9 Å². The highest BCUT2D eigenvalue weighted by Crippen LogP contribution is 2.21. The number of amidine groups is 1. The summed E-state index contributed by atoms with van der Waals surface area (Å²) in [5.41, 5.74) is 6.91. The van der Waals surface area contributed by atoms with Crippen LogP contribution in [0.5, 0.6) is 0 Å². The molecule has 1 aromatic carbocycles. The molecule has 1 atom stereocenters. The first-order chi connectivity index (χ1) is 8.70. The van der Waals surface area contributed by atoms with Gasteiger partial charge in [-0.3, -0.25) is 4.90 Å². The molecule has 1 aromatic rings. The highest BCUT2D eigenvalue weighted by atomic mass is 35.5. The van der Waals surface area contributed by atoms with Crippen LogP contribution in [0.4, 0.5) is 0 Å². The number of benzene rings is 1. The molecule has 98 valence electrons. The van der Waals surface area contributed by atoms with Crippen molar-refractivity contribution >= 4 is 17.4 Å². The van der Waals surface area contributed by atoms with Gasteiger partial charge >= 0.3 is 0 Å². The van der Waals surface area contributed by atoms with Gasteiger partial charge in [-0.05, 0) is 37.1 Å². The minimum Gasteiger partial charge on any atom is -0.409 e. The van der Waals surface area contributed by atoms with Gasteiger partial charge < -0.3 is 10.9 Å². The van der Waals surface area contributed by atoms with Gasteiger partial charge in [0.05, 0.1) is 6.04 Å². The average Bonchev–Trinajstić information content (AvgIpc) is 2.38. The van der Waals surface area contributed by atoms with E-state index < -0.39 is 0 Å². The third kappa shape index (κ3) is 3.15. The molecule has 0 saturated carbocycles. The molecule has 0 aromatic heterocycles. The van der Waals surface area contributed by atoms with Crippen molar-refractivity contribution in [1.82, 2.24) is 4.90 Å².